The highest BCUT2D eigenvalue weighted by Gasteiger charge is 2.39. The summed E-state index contributed by atoms with van der Waals surface area (Å²) in [4.78, 5) is 16.7. The molecule has 178 valence electrons. The largest absolute Gasteiger partial charge is 0.481 e. The van der Waals surface area contributed by atoms with Crippen LogP contribution in [0.4, 0.5) is 4.39 Å². The van der Waals surface area contributed by atoms with Gasteiger partial charge in [-0.15, -0.1) is 0 Å². The fourth-order valence-corrected chi connectivity index (χ4v) is 5.58. The zero-order chi connectivity index (χ0) is 24.2. The highest BCUT2D eigenvalue weighted by atomic mass is 19.1. The summed E-state index contributed by atoms with van der Waals surface area (Å²) < 4.78 is 22.0. The summed E-state index contributed by atoms with van der Waals surface area (Å²) in [5, 5.41) is 17.7. The number of hydrogen-bond acceptors (Lipinski definition) is 4. The van der Waals surface area contributed by atoms with E-state index >= 15 is 0 Å². The van der Waals surface area contributed by atoms with Crippen molar-refractivity contribution in [3.63, 3.8) is 0 Å². The fourth-order valence-electron chi connectivity index (χ4n) is 5.58. The normalized spacial score (nSPS) is 18.9. The minimum absolute atomic E-state index is 0.0467. The number of hydrogen-bond donors (Lipinski definition) is 2. The first-order valence-corrected chi connectivity index (χ1v) is 11.6. The molecule has 0 aliphatic heterocycles. The van der Waals surface area contributed by atoms with Crippen LogP contribution in [0.15, 0.2) is 30.5 Å². The van der Waals surface area contributed by atoms with Gasteiger partial charge in [0.15, 0.2) is 5.65 Å². The van der Waals surface area contributed by atoms with Crippen molar-refractivity contribution < 1.29 is 19.0 Å². The quantitative estimate of drug-likeness (QED) is 0.407. The van der Waals surface area contributed by atoms with Crippen molar-refractivity contribution >= 4 is 28.0 Å². The standard InChI is InChI=1S/C26H29FN4O3/c1-14-9-18(7-8-19(14)27)31-20-11-17-12-28-30-24(17)29-22(20)21(23(31)26(2,3)13-34-4)15-5-6-16(10-15)25(32)33/h7-9,11-12,15-16H,5-6,10,13H2,1-4H3,(H,32,33)(H,28,29,30)/t15-,16?/m1/s1. The first kappa shape index (κ1) is 22.5. The Kier molecular flexibility index (Phi) is 5.43. The van der Waals surface area contributed by atoms with Crippen LogP contribution in [0.2, 0.25) is 0 Å². The van der Waals surface area contributed by atoms with Crippen LogP contribution < -0.4 is 0 Å². The molecule has 0 radical (unpaired) electrons. The van der Waals surface area contributed by atoms with Crippen molar-refractivity contribution in [2.24, 2.45) is 5.92 Å². The van der Waals surface area contributed by atoms with E-state index in [9.17, 15) is 14.3 Å². The molecule has 1 fully saturated rings. The van der Waals surface area contributed by atoms with Crippen molar-refractivity contribution in [1.82, 2.24) is 19.7 Å². The molecule has 3 aromatic heterocycles. The Bertz CT molecular complexity index is 1400. The van der Waals surface area contributed by atoms with E-state index in [1.54, 1.807) is 26.3 Å². The number of methoxy groups -OCH3 is 1. The molecule has 1 unspecified atom stereocenters. The molecule has 7 nitrogen and oxygen atoms in total. The number of ether oxygens (including phenoxy) is 1. The molecule has 2 atom stereocenters. The van der Waals surface area contributed by atoms with Crippen molar-refractivity contribution in [1.29, 1.82) is 0 Å². The molecule has 0 spiro atoms. The van der Waals surface area contributed by atoms with Crippen LogP contribution in [-0.4, -0.2) is 44.5 Å². The van der Waals surface area contributed by atoms with Gasteiger partial charge in [-0.3, -0.25) is 9.89 Å². The zero-order valence-electron chi connectivity index (χ0n) is 19.9. The van der Waals surface area contributed by atoms with Crippen LogP contribution in [0.1, 0.15) is 55.8 Å². The Morgan fingerprint density at radius 2 is 2.12 bits per heavy atom. The Labute approximate surface area is 196 Å². The number of rotatable bonds is 6. The number of aliphatic carboxylic acids is 1. The Hall–Kier alpha value is -3.26. The molecule has 1 aliphatic carbocycles. The summed E-state index contributed by atoms with van der Waals surface area (Å²) in [6, 6.07) is 7.17. The monoisotopic (exact) mass is 464 g/mol. The summed E-state index contributed by atoms with van der Waals surface area (Å²) in [6.07, 6.45) is 3.72. The van der Waals surface area contributed by atoms with Gasteiger partial charge < -0.3 is 14.4 Å². The minimum atomic E-state index is -0.748. The van der Waals surface area contributed by atoms with Gasteiger partial charge in [-0.25, -0.2) is 9.37 Å². The van der Waals surface area contributed by atoms with Gasteiger partial charge in [0.1, 0.15) is 5.82 Å². The van der Waals surface area contributed by atoms with Crippen LogP contribution in [0.5, 0.6) is 0 Å². The maximum absolute atomic E-state index is 14.2. The van der Waals surface area contributed by atoms with E-state index in [2.05, 4.69) is 34.7 Å². The highest BCUT2D eigenvalue weighted by Crippen LogP contribution is 2.47. The minimum Gasteiger partial charge on any atom is -0.481 e. The highest BCUT2D eigenvalue weighted by molar-refractivity contribution is 5.94. The van der Waals surface area contributed by atoms with Crippen molar-refractivity contribution in [2.45, 2.75) is 51.4 Å². The van der Waals surface area contributed by atoms with Gasteiger partial charge in [0.25, 0.3) is 0 Å². The van der Waals surface area contributed by atoms with E-state index in [1.807, 2.05) is 6.07 Å². The second kappa shape index (κ2) is 8.20. The van der Waals surface area contributed by atoms with Gasteiger partial charge in [-0.1, -0.05) is 13.8 Å². The number of carbonyl (C=O) groups is 1. The molecule has 0 saturated heterocycles. The number of nitrogens with one attached hydrogen (secondary N) is 1. The van der Waals surface area contributed by atoms with Crippen molar-refractivity contribution in [3.05, 3.63) is 53.1 Å². The van der Waals surface area contributed by atoms with E-state index in [-0.39, 0.29) is 17.7 Å². The summed E-state index contributed by atoms with van der Waals surface area (Å²) in [7, 11) is 1.68. The number of H-pyrrole nitrogens is 1. The average molecular weight is 465 g/mol. The maximum Gasteiger partial charge on any atom is 0.306 e. The molecule has 1 aliphatic rings. The second-order valence-electron chi connectivity index (χ2n) is 10.1. The molecular formula is C26H29FN4O3. The average Bonchev–Trinajstić information content (AvgIpc) is 3.50. The predicted octanol–water partition coefficient (Wildman–Crippen LogP) is 5.24. The molecule has 5 rings (SSSR count). The third-order valence-electron chi connectivity index (χ3n) is 7.12. The Balaban J connectivity index is 1.88. The van der Waals surface area contributed by atoms with Gasteiger partial charge in [-0.2, -0.15) is 5.10 Å². The molecule has 2 N–H and O–H groups in total. The Morgan fingerprint density at radius 3 is 2.79 bits per heavy atom. The molecule has 0 bridgehead atoms. The molecule has 0 amide bonds. The van der Waals surface area contributed by atoms with Crippen LogP contribution >= 0.6 is 0 Å². The Morgan fingerprint density at radius 1 is 1.32 bits per heavy atom. The lowest BCUT2D eigenvalue weighted by Crippen LogP contribution is -2.28. The number of carboxylic acids is 1. The van der Waals surface area contributed by atoms with Gasteiger partial charge >= 0.3 is 5.97 Å². The maximum atomic E-state index is 14.2. The van der Waals surface area contributed by atoms with E-state index in [1.165, 1.54) is 6.07 Å². The van der Waals surface area contributed by atoms with Crippen molar-refractivity contribution in [3.8, 4) is 5.69 Å². The predicted molar refractivity (Wildman–Crippen MR) is 128 cm³/mol. The molecule has 3 heterocycles. The van der Waals surface area contributed by atoms with E-state index in [0.29, 0.717) is 30.7 Å². The molecular weight excluding hydrogens is 435 g/mol. The van der Waals surface area contributed by atoms with E-state index < -0.39 is 11.4 Å². The lowest BCUT2D eigenvalue weighted by atomic mass is 9.82. The van der Waals surface area contributed by atoms with Gasteiger partial charge in [0, 0.05) is 34.9 Å². The lowest BCUT2D eigenvalue weighted by Gasteiger charge is -2.29. The number of nitrogens with zero attached hydrogens (tertiary/aromatic N) is 3. The molecule has 34 heavy (non-hydrogen) atoms. The smallest absolute Gasteiger partial charge is 0.306 e. The van der Waals surface area contributed by atoms with Crippen LogP contribution in [0.25, 0.3) is 27.8 Å². The summed E-state index contributed by atoms with van der Waals surface area (Å²) in [6.45, 7) is 6.47. The van der Waals surface area contributed by atoms with Crippen LogP contribution in [0, 0.1) is 18.7 Å². The molecule has 1 aromatic carbocycles. The molecule has 8 heteroatoms. The number of halogens is 1. The number of carboxylic acid groups (broad SMARTS) is 1. The van der Waals surface area contributed by atoms with E-state index in [4.69, 9.17) is 9.72 Å². The van der Waals surface area contributed by atoms with Crippen molar-refractivity contribution in [2.75, 3.05) is 13.7 Å². The van der Waals surface area contributed by atoms with Gasteiger partial charge in [0.2, 0.25) is 0 Å². The molecule has 4 aromatic rings. The number of aromatic amines is 1. The third kappa shape index (κ3) is 3.57. The third-order valence-corrected chi connectivity index (χ3v) is 7.12. The second-order valence-corrected chi connectivity index (χ2v) is 10.1. The summed E-state index contributed by atoms with van der Waals surface area (Å²) in [5.74, 6) is -1.33. The molecule has 1 saturated carbocycles. The first-order valence-electron chi connectivity index (χ1n) is 11.6. The lowest BCUT2D eigenvalue weighted by molar-refractivity contribution is -0.141. The van der Waals surface area contributed by atoms with Gasteiger partial charge in [0.05, 0.1) is 29.8 Å². The topological polar surface area (TPSA) is 93.0 Å². The summed E-state index contributed by atoms with van der Waals surface area (Å²) in [5.41, 5.74) is 5.47. The van der Waals surface area contributed by atoms with Crippen LogP contribution in [0.3, 0.4) is 0 Å². The number of pyridine rings is 1. The zero-order valence-corrected chi connectivity index (χ0v) is 19.9. The SMILES string of the molecule is COCC(C)(C)c1c([C@@H]2CCC(C(=O)O)C2)c2nc3[nH]ncc3cc2n1-c1ccc(F)c(C)c1. The number of aryl methyl sites for hydroxylation is 1. The summed E-state index contributed by atoms with van der Waals surface area (Å²) >= 11 is 0. The fraction of sp³-hybridized carbons (Fsp3) is 0.423. The number of fused-ring (bicyclic) bond motifs is 2. The van der Waals surface area contributed by atoms with Crippen LogP contribution in [-0.2, 0) is 14.9 Å². The van der Waals surface area contributed by atoms with Gasteiger partial charge in [-0.05, 0) is 61.9 Å². The first-order chi connectivity index (χ1) is 16.2. The number of benzene rings is 1. The number of aromatic nitrogens is 4. The van der Waals surface area contributed by atoms with E-state index in [0.717, 1.165) is 39.8 Å².